The molecule has 4 saturated heterocycles. The molecule has 1 aromatic rings. The fourth-order valence-corrected chi connectivity index (χ4v) is 31.5. The maximum Gasteiger partial charge on any atom is 0.234 e. The van der Waals surface area contributed by atoms with E-state index in [1.165, 1.54) is 27.2 Å². The molecule has 9 heterocycles. The number of aromatic hydroxyl groups is 1. The average molecular weight is 1350 g/mol. The number of carbonyl (C=O) groups is 2. The Morgan fingerprint density at radius 2 is 1.74 bits per heavy atom. The van der Waals surface area contributed by atoms with Gasteiger partial charge in [-0.3, -0.25) is 9.59 Å². The molecule has 19 aliphatic rings. The maximum absolute atomic E-state index is 17.3. The summed E-state index contributed by atoms with van der Waals surface area (Å²) in [6.07, 6.45) is 22.9. The van der Waals surface area contributed by atoms with Gasteiger partial charge >= 0.3 is 0 Å². The van der Waals surface area contributed by atoms with Crippen LogP contribution in [0.1, 0.15) is 162 Å². The number of aliphatic hydroxyl groups excluding tert-OH is 4. The number of hydrogen-bond donors (Lipinski definition) is 9. The first-order valence-electron chi connectivity index (χ1n) is 37.7. The topological polar surface area (TPSA) is 242 Å². The van der Waals surface area contributed by atoms with Crippen molar-refractivity contribution >= 4 is 39.0 Å². The van der Waals surface area contributed by atoms with Crippen LogP contribution in [0.5, 0.6) is 5.75 Å². The number of phenols is 1. The number of phenolic OH excluding ortho intramolecular Hbond substituents is 1. The Balaban J connectivity index is 0.821. The number of fused-ring (bicyclic) bond motifs is 8. The molecule has 1 aromatic carbocycles. The van der Waals surface area contributed by atoms with Crippen LogP contribution in [0.15, 0.2) is 65.8 Å². The summed E-state index contributed by atoms with van der Waals surface area (Å²) in [6.45, 7) is 8.91. The van der Waals surface area contributed by atoms with Gasteiger partial charge in [-0.1, -0.05) is 98.4 Å². The van der Waals surface area contributed by atoms with Crippen LogP contribution in [0.4, 0.5) is 5.69 Å². The molecule has 13 bridgehead atoms. The van der Waals surface area contributed by atoms with Gasteiger partial charge in [0.15, 0.2) is 5.78 Å². The quantitative estimate of drug-likeness (QED) is 0.0577. The minimum absolute atomic E-state index is 0.0189. The number of ketones is 1. The maximum atomic E-state index is 17.3. The van der Waals surface area contributed by atoms with Gasteiger partial charge in [0, 0.05) is 89.3 Å². The number of amides is 1. The summed E-state index contributed by atoms with van der Waals surface area (Å²) >= 11 is 0. The third-order valence-corrected chi connectivity index (χ3v) is 35.1. The van der Waals surface area contributed by atoms with Crippen LogP contribution in [0.2, 0.25) is 0 Å². The van der Waals surface area contributed by atoms with E-state index >= 15 is 9.59 Å². The van der Waals surface area contributed by atoms with Crippen molar-refractivity contribution in [2.24, 2.45) is 109 Å². The minimum atomic E-state index is -1.81. The van der Waals surface area contributed by atoms with Crippen molar-refractivity contribution in [1.82, 2.24) is 5.32 Å². The van der Waals surface area contributed by atoms with Gasteiger partial charge in [-0.05, 0) is 215 Å². The molecule has 29 atom stereocenters. The molecule has 0 aromatic heterocycles. The first kappa shape index (κ1) is 65.0. The number of hydrogen-bond acceptors (Lipinski definition) is 16. The van der Waals surface area contributed by atoms with Crippen LogP contribution in [-0.2, 0) is 30.2 Å². The molecule has 6 spiro atoms. The van der Waals surface area contributed by atoms with Crippen LogP contribution in [-0.4, -0.2) is 156 Å². The summed E-state index contributed by atoms with van der Waals surface area (Å²) in [5.41, 5.74) is -11.0. The van der Waals surface area contributed by atoms with Crippen LogP contribution in [0, 0.1) is 121 Å². The lowest BCUT2D eigenvalue weighted by molar-refractivity contribution is -0.317. The lowest BCUT2D eigenvalue weighted by Crippen LogP contribution is -2.80. The standard InChI is InChI=1S/C79H104N2O13S2/c1-43(2)44(3)65-67(94-65)75(89)21-7-16-51-32-57-58-35-62(85)74(38-63-78(91,42-83)76(70(57,74)4)22-8-15-50(76)20-27-93-63)69(88)96-95-40-53-14-6-13-52(39-82)79(53)68(87)81(54-28-46(29-55(84)33-54)18-24-73(51)61(75)19-25-77(58,73)90)41-71(79)37-48-11-5-10-45-17-23-72(36-45)56-34-60-47(12-9-26-92-60)30-49(56)31-59(80-72)64(48)66(71)86/h7,9,12,16,28-30,33,35,43-45,48-53,56-57,59-61,63-67,69,80,82-84,86,88-91H,6,8,10,13-15,17-27,31-32,34,36-42H2,1-4H3/t44-,45-,48-,49+,50+,51-,52+,53-,56-,57+,59+,60+,61+,63-,64+,65+,66+,67-,69+,70-,71-,72+,73-,74+,75-,76+,77-,78-,79-/m1/s1. The molecular formula is C79H104N2O13S2. The number of epoxide rings is 1. The molecule has 7 saturated carbocycles. The fraction of sp³-hybridized carbons (Fsp3) is 0.772. The van der Waals surface area contributed by atoms with Crippen molar-refractivity contribution in [3.8, 4) is 17.6 Å². The number of piperidine rings is 1. The molecule has 20 rings (SSSR count). The van der Waals surface area contributed by atoms with E-state index in [1.807, 2.05) is 11.0 Å². The third-order valence-electron chi connectivity index (χ3n) is 32.5. The Morgan fingerprint density at radius 1 is 0.896 bits per heavy atom. The van der Waals surface area contributed by atoms with Gasteiger partial charge in [0.2, 0.25) is 5.91 Å². The minimum Gasteiger partial charge on any atom is -0.508 e. The lowest BCUT2D eigenvalue weighted by atomic mass is 9.30. The number of nitrogens with zero attached hydrogens (tertiary/aromatic N) is 1. The molecule has 0 unspecified atom stereocenters. The highest BCUT2D eigenvalue weighted by atomic mass is 33.1. The number of allylic oxidation sites excluding steroid dienone is 3. The highest BCUT2D eigenvalue weighted by Gasteiger charge is 2.86. The largest absolute Gasteiger partial charge is 0.508 e. The molecular weight excluding hydrogens is 1250 g/mol. The van der Waals surface area contributed by atoms with Gasteiger partial charge in [-0.15, -0.1) is 5.92 Å². The van der Waals surface area contributed by atoms with Crippen molar-refractivity contribution in [3.63, 3.8) is 0 Å². The van der Waals surface area contributed by atoms with Crippen LogP contribution >= 0.6 is 21.6 Å². The number of aryl methyl sites for hydroxylation is 1. The molecule has 96 heavy (non-hydrogen) atoms. The molecule has 9 N–H and O–H groups in total. The van der Waals surface area contributed by atoms with Crippen molar-refractivity contribution in [3.05, 3.63) is 71.4 Å². The fourth-order valence-electron chi connectivity index (χ4n) is 28.5. The third kappa shape index (κ3) is 8.02. The number of ether oxygens (including phenoxy) is 3. The predicted molar refractivity (Wildman–Crippen MR) is 365 cm³/mol. The van der Waals surface area contributed by atoms with E-state index in [0.717, 1.165) is 63.4 Å². The zero-order valence-electron chi connectivity index (χ0n) is 56.7. The number of aliphatic hydroxyl groups is 7. The smallest absolute Gasteiger partial charge is 0.234 e. The Bertz CT molecular complexity index is 3590. The van der Waals surface area contributed by atoms with Gasteiger partial charge in [0.05, 0.1) is 54.1 Å². The van der Waals surface area contributed by atoms with E-state index in [0.29, 0.717) is 106 Å². The van der Waals surface area contributed by atoms with Crippen molar-refractivity contribution in [2.75, 3.05) is 43.6 Å². The zero-order valence-corrected chi connectivity index (χ0v) is 58.4. The number of anilines is 1. The first-order valence-corrected chi connectivity index (χ1v) is 40.1. The van der Waals surface area contributed by atoms with E-state index in [4.69, 9.17) is 14.2 Å². The summed E-state index contributed by atoms with van der Waals surface area (Å²) in [6, 6.07) is 5.38. The van der Waals surface area contributed by atoms with E-state index in [2.05, 4.69) is 75.2 Å². The molecule has 15 nitrogen and oxygen atoms in total. The number of rotatable bonds is 5. The Morgan fingerprint density at radius 3 is 2.56 bits per heavy atom. The van der Waals surface area contributed by atoms with E-state index < -0.39 is 103 Å². The van der Waals surface area contributed by atoms with Gasteiger partial charge in [0.25, 0.3) is 0 Å². The summed E-state index contributed by atoms with van der Waals surface area (Å²) in [5, 5.41) is 112. The van der Waals surface area contributed by atoms with Gasteiger partial charge in [0.1, 0.15) is 28.5 Å². The average Bonchev–Trinajstić information content (AvgIpc) is 1.10. The second-order valence-electron chi connectivity index (χ2n) is 35.3. The number of nitrogens with one attached hydrogen (secondary N) is 1. The Kier molecular flexibility index (Phi) is 15.1. The second-order valence-corrected chi connectivity index (χ2v) is 37.8. The zero-order chi connectivity index (χ0) is 66.3. The predicted octanol–water partition coefficient (Wildman–Crippen LogP) is 9.31. The molecule has 0 radical (unpaired) electrons. The van der Waals surface area contributed by atoms with E-state index in [-0.39, 0.29) is 109 Å². The van der Waals surface area contributed by atoms with Crippen molar-refractivity contribution in [1.29, 1.82) is 0 Å². The summed E-state index contributed by atoms with van der Waals surface area (Å²) in [4.78, 5) is 36.1. The number of benzene rings is 1. The molecule has 17 heteroatoms. The summed E-state index contributed by atoms with van der Waals surface area (Å²) in [7, 11) is 2.72. The first-order chi connectivity index (χ1) is 46.1. The molecule has 10 aliphatic carbocycles. The van der Waals surface area contributed by atoms with E-state index in [1.54, 1.807) is 18.2 Å². The molecule has 9 aliphatic heterocycles. The van der Waals surface area contributed by atoms with Gasteiger partial charge < -0.3 is 65.3 Å². The normalized spacial score (nSPS) is 53.4. The second kappa shape index (κ2) is 22.2. The van der Waals surface area contributed by atoms with Crippen molar-refractivity contribution in [2.45, 2.75) is 227 Å². The van der Waals surface area contributed by atoms with E-state index in [9.17, 15) is 40.9 Å². The monoisotopic (exact) mass is 1350 g/mol. The molecule has 11 fully saturated rings. The molecule has 520 valence electrons. The Hall–Kier alpha value is -3.06. The summed E-state index contributed by atoms with van der Waals surface area (Å²) in [5.74, 6) is 5.66. The van der Waals surface area contributed by atoms with Crippen LogP contribution in [0.3, 0.4) is 0 Å². The van der Waals surface area contributed by atoms with Crippen molar-refractivity contribution < 1.29 is 64.7 Å². The summed E-state index contributed by atoms with van der Waals surface area (Å²) < 4.78 is 20.0. The highest BCUT2D eigenvalue weighted by molar-refractivity contribution is 8.76. The molecule has 1 amide bonds. The Labute approximate surface area is 574 Å². The SMILES string of the molecule is CC(C)[C@@H](C)[C@@H]1O[C@H]1[C@@]1(O)CC=C[C@@H]2C[C@H]3C4=CC(=O)[C@@]5(C[C@H]6OCC[C@@H]7CCC[C@]7([C@]35C)[C@@]6(O)CO)[C@@H](O)SSC[C@H]3CCC[C@@H](CO)[C@]35C(=O)N(C[C@@]53C[C@H]5C#CC[C@@H]6CC[C@@]7(C6)N[C@@H](C[C@@H]6C=C8C=CCO[C@H]8C[C@H]67)[C@H]5[C@@H]3O)c3cc(O)cc(c3)CC[C@]23[C@@H]1CC[C@@]43O. The van der Waals surface area contributed by atoms with Crippen LogP contribution < -0.4 is 10.2 Å². The number of carbonyl (C=O) groups excluding carboxylic acids is 2. The van der Waals surface area contributed by atoms with Gasteiger partial charge in [-0.25, -0.2) is 0 Å². The van der Waals surface area contributed by atoms with Gasteiger partial charge in [-0.2, -0.15) is 0 Å². The van der Waals surface area contributed by atoms with Crippen LogP contribution in [0.25, 0.3) is 0 Å². The highest BCUT2D eigenvalue weighted by Crippen LogP contribution is 2.83. The lowest BCUT2D eigenvalue weighted by Gasteiger charge is -2.75.